The van der Waals surface area contributed by atoms with Gasteiger partial charge < -0.3 is 15.2 Å². The molecule has 2 aromatic rings. The zero-order chi connectivity index (χ0) is 13.8. The molecule has 0 radical (unpaired) electrons. The first kappa shape index (κ1) is 13.1. The Labute approximate surface area is 109 Å². The Morgan fingerprint density at radius 1 is 1.05 bits per heavy atom. The molecular formula is C14H13F2NO2. The molecule has 0 fully saturated rings. The highest BCUT2D eigenvalue weighted by Crippen LogP contribution is 2.30. The molecule has 0 aliphatic rings. The van der Waals surface area contributed by atoms with Crippen molar-refractivity contribution in [2.24, 2.45) is 0 Å². The Bertz CT molecular complexity index is 588. The number of halogens is 2. The first-order valence-corrected chi connectivity index (χ1v) is 5.74. The smallest absolute Gasteiger partial charge is 0.168 e. The Morgan fingerprint density at radius 3 is 2.47 bits per heavy atom. The number of hydrogen-bond acceptors (Lipinski definition) is 3. The van der Waals surface area contributed by atoms with Gasteiger partial charge in [-0.2, -0.15) is 0 Å². The molecule has 0 heterocycles. The lowest BCUT2D eigenvalue weighted by molar-refractivity contribution is 0.338. The van der Waals surface area contributed by atoms with E-state index in [1.807, 2.05) is 6.92 Å². The van der Waals surface area contributed by atoms with E-state index >= 15 is 0 Å². The van der Waals surface area contributed by atoms with E-state index in [0.29, 0.717) is 23.8 Å². The molecule has 0 atom stereocenters. The third-order valence-electron chi connectivity index (χ3n) is 2.34. The van der Waals surface area contributed by atoms with E-state index in [1.165, 1.54) is 12.1 Å². The second kappa shape index (κ2) is 5.56. The van der Waals surface area contributed by atoms with Gasteiger partial charge in [-0.15, -0.1) is 0 Å². The molecular weight excluding hydrogens is 252 g/mol. The van der Waals surface area contributed by atoms with Crippen LogP contribution < -0.4 is 15.2 Å². The molecule has 5 heteroatoms. The van der Waals surface area contributed by atoms with Gasteiger partial charge in [0.1, 0.15) is 17.3 Å². The fourth-order valence-corrected chi connectivity index (χ4v) is 1.59. The highest BCUT2D eigenvalue weighted by molar-refractivity contribution is 5.51. The summed E-state index contributed by atoms with van der Waals surface area (Å²) in [6, 6.07) is 7.85. The zero-order valence-electron chi connectivity index (χ0n) is 10.3. The monoisotopic (exact) mass is 265 g/mol. The molecule has 3 nitrogen and oxygen atoms in total. The lowest BCUT2D eigenvalue weighted by atomic mass is 10.2. The SMILES string of the molecule is CCOc1cc(N)cc(Oc2ccc(F)cc2F)c1. The van der Waals surface area contributed by atoms with Crippen molar-refractivity contribution in [2.45, 2.75) is 6.92 Å². The third-order valence-corrected chi connectivity index (χ3v) is 2.34. The van der Waals surface area contributed by atoms with Gasteiger partial charge in [-0.3, -0.25) is 0 Å². The van der Waals surface area contributed by atoms with Crippen molar-refractivity contribution >= 4 is 5.69 Å². The van der Waals surface area contributed by atoms with Gasteiger partial charge in [0.25, 0.3) is 0 Å². The van der Waals surface area contributed by atoms with Crippen LogP contribution in [0.3, 0.4) is 0 Å². The summed E-state index contributed by atoms with van der Waals surface area (Å²) in [5.41, 5.74) is 6.13. The first-order valence-electron chi connectivity index (χ1n) is 5.74. The van der Waals surface area contributed by atoms with Crippen molar-refractivity contribution in [3.05, 3.63) is 48.0 Å². The molecule has 100 valence electrons. The fourth-order valence-electron chi connectivity index (χ4n) is 1.59. The minimum absolute atomic E-state index is 0.0746. The molecule has 0 aliphatic heterocycles. The maximum Gasteiger partial charge on any atom is 0.168 e. The normalized spacial score (nSPS) is 10.3. The van der Waals surface area contributed by atoms with Gasteiger partial charge in [-0.1, -0.05) is 0 Å². The van der Waals surface area contributed by atoms with Gasteiger partial charge in [0.2, 0.25) is 0 Å². The number of nitrogens with two attached hydrogens (primary N) is 1. The highest BCUT2D eigenvalue weighted by atomic mass is 19.1. The molecule has 0 aromatic heterocycles. The minimum Gasteiger partial charge on any atom is -0.494 e. The van der Waals surface area contributed by atoms with Gasteiger partial charge in [-0.05, 0) is 19.1 Å². The first-order chi connectivity index (χ1) is 9.08. The molecule has 0 saturated carbocycles. The maximum absolute atomic E-state index is 13.5. The average Bonchev–Trinajstić information content (AvgIpc) is 2.32. The van der Waals surface area contributed by atoms with Crippen molar-refractivity contribution in [3.63, 3.8) is 0 Å². The number of hydrogen-bond donors (Lipinski definition) is 1. The Hall–Kier alpha value is -2.30. The molecule has 0 unspecified atom stereocenters. The molecule has 2 aromatic carbocycles. The van der Waals surface area contributed by atoms with E-state index in [1.54, 1.807) is 12.1 Å². The van der Waals surface area contributed by atoms with Gasteiger partial charge in [0, 0.05) is 30.0 Å². The topological polar surface area (TPSA) is 44.5 Å². The van der Waals surface area contributed by atoms with Crippen molar-refractivity contribution in [3.8, 4) is 17.2 Å². The molecule has 2 N–H and O–H groups in total. The summed E-state index contributed by atoms with van der Waals surface area (Å²) in [5, 5.41) is 0. The summed E-state index contributed by atoms with van der Waals surface area (Å²) >= 11 is 0. The number of ether oxygens (including phenoxy) is 2. The summed E-state index contributed by atoms with van der Waals surface area (Å²) < 4.78 is 36.9. The molecule has 19 heavy (non-hydrogen) atoms. The van der Waals surface area contributed by atoms with Crippen LogP contribution in [-0.4, -0.2) is 6.61 Å². The van der Waals surface area contributed by atoms with Crippen LogP contribution in [0.15, 0.2) is 36.4 Å². The number of nitrogen functional groups attached to an aromatic ring is 1. The van der Waals surface area contributed by atoms with Crippen LogP contribution in [0.25, 0.3) is 0 Å². The summed E-state index contributed by atoms with van der Waals surface area (Å²) in [6.45, 7) is 2.32. The van der Waals surface area contributed by atoms with Crippen LogP contribution in [-0.2, 0) is 0 Å². The zero-order valence-corrected chi connectivity index (χ0v) is 10.3. The molecule has 0 saturated heterocycles. The standard InChI is InChI=1S/C14H13F2NO2/c1-2-18-11-6-10(17)7-12(8-11)19-14-4-3-9(15)5-13(14)16/h3-8H,2,17H2,1H3. The molecule has 0 aliphatic carbocycles. The van der Waals surface area contributed by atoms with Crippen molar-refractivity contribution in [1.82, 2.24) is 0 Å². The van der Waals surface area contributed by atoms with Crippen molar-refractivity contribution in [1.29, 1.82) is 0 Å². The van der Waals surface area contributed by atoms with E-state index in [-0.39, 0.29) is 5.75 Å². The molecule has 0 bridgehead atoms. The summed E-state index contributed by atoms with van der Waals surface area (Å²) in [5.74, 6) is -0.656. The number of rotatable bonds is 4. The quantitative estimate of drug-likeness (QED) is 0.856. The van der Waals surface area contributed by atoms with Crippen molar-refractivity contribution < 1.29 is 18.3 Å². The van der Waals surface area contributed by atoms with Crippen LogP contribution in [0.4, 0.5) is 14.5 Å². The summed E-state index contributed by atoms with van der Waals surface area (Å²) in [7, 11) is 0. The largest absolute Gasteiger partial charge is 0.494 e. The van der Waals surface area contributed by atoms with Crippen LogP contribution in [0.2, 0.25) is 0 Å². The predicted molar refractivity (Wildman–Crippen MR) is 68.5 cm³/mol. The van der Waals surface area contributed by atoms with Gasteiger partial charge in [-0.25, -0.2) is 8.78 Å². The van der Waals surface area contributed by atoms with Gasteiger partial charge in [0.15, 0.2) is 11.6 Å². The van der Waals surface area contributed by atoms with E-state index in [4.69, 9.17) is 15.2 Å². The van der Waals surface area contributed by atoms with Gasteiger partial charge in [0.05, 0.1) is 6.61 Å². The Kier molecular flexibility index (Phi) is 3.85. The summed E-state index contributed by atoms with van der Waals surface area (Å²) in [6.07, 6.45) is 0. The second-order valence-electron chi connectivity index (χ2n) is 3.85. The van der Waals surface area contributed by atoms with E-state index in [9.17, 15) is 8.78 Å². The third kappa shape index (κ3) is 3.34. The van der Waals surface area contributed by atoms with Crippen LogP contribution in [0.5, 0.6) is 17.2 Å². The van der Waals surface area contributed by atoms with E-state index in [2.05, 4.69) is 0 Å². The highest BCUT2D eigenvalue weighted by Gasteiger charge is 2.08. The molecule has 0 spiro atoms. The van der Waals surface area contributed by atoms with Crippen LogP contribution in [0, 0.1) is 11.6 Å². The van der Waals surface area contributed by atoms with Crippen molar-refractivity contribution in [2.75, 3.05) is 12.3 Å². The lowest BCUT2D eigenvalue weighted by Gasteiger charge is -2.10. The van der Waals surface area contributed by atoms with Crippen LogP contribution in [0.1, 0.15) is 6.92 Å². The number of benzene rings is 2. The number of anilines is 1. The summed E-state index contributed by atoms with van der Waals surface area (Å²) in [4.78, 5) is 0. The fraction of sp³-hybridized carbons (Fsp3) is 0.143. The maximum atomic E-state index is 13.5. The van der Waals surface area contributed by atoms with Crippen LogP contribution >= 0.6 is 0 Å². The lowest BCUT2D eigenvalue weighted by Crippen LogP contribution is -1.95. The Morgan fingerprint density at radius 2 is 1.79 bits per heavy atom. The van der Waals surface area contributed by atoms with E-state index in [0.717, 1.165) is 12.1 Å². The predicted octanol–water partition coefficient (Wildman–Crippen LogP) is 3.74. The average molecular weight is 265 g/mol. The Balaban J connectivity index is 2.27. The van der Waals surface area contributed by atoms with Gasteiger partial charge >= 0.3 is 0 Å². The minimum atomic E-state index is -0.777. The second-order valence-corrected chi connectivity index (χ2v) is 3.85. The van der Waals surface area contributed by atoms with E-state index < -0.39 is 11.6 Å². The molecule has 0 amide bonds. The molecule has 2 rings (SSSR count).